The predicted octanol–water partition coefficient (Wildman–Crippen LogP) is 7.87. The number of hydrogen-bond donors (Lipinski definition) is 0. The first-order valence-electron chi connectivity index (χ1n) is 14.5. The van der Waals surface area contributed by atoms with Crippen LogP contribution in [0.2, 0.25) is 0 Å². The van der Waals surface area contributed by atoms with E-state index in [2.05, 4.69) is 61.7 Å². The third kappa shape index (κ3) is 9.11. The van der Waals surface area contributed by atoms with Gasteiger partial charge in [0.05, 0.1) is 13.2 Å². The van der Waals surface area contributed by atoms with Crippen LogP contribution < -0.4 is 18.9 Å². The second kappa shape index (κ2) is 17.4. The van der Waals surface area contributed by atoms with Crippen molar-refractivity contribution in [2.75, 3.05) is 53.9 Å². The third-order valence-corrected chi connectivity index (χ3v) is 6.67. The first kappa shape index (κ1) is 32.1. The molecule has 4 aromatic rings. The number of methoxy groups -OCH3 is 2. The lowest BCUT2D eigenvalue weighted by Gasteiger charge is -2.19. The highest BCUT2D eigenvalue weighted by Gasteiger charge is 2.17. The van der Waals surface area contributed by atoms with E-state index in [9.17, 15) is 0 Å². The van der Waals surface area contributed by atoms with Crippen molar-refractivity contribution in [2.24, 2.45) is 0 Å². The Hall–Kier alpha value is -4.78. The third-order valence-electron chi connectivity index (χ3n) is 6.67. The second-order valence-electron chi connectivity index (χ2n) is 9.73. The van der Waals surface area contributed by atoms with Gasteiger partial charge in [-0.05, 0) is 81.9 Å². The summed E-state index contributed by atoms with van der Waals surface area (Å²) in [5.74, 6) is 3.11. The Morgan fingerprint density at radius 1 is 0.432 bits per heavy atom. The largest absolute Gasteiger partial charge is 0.491 e. The molecular formula is C38H40O6. The second-order valence-corrected chi connectivity index (χ2v) is 9.73. The fourth-order valence-corrected chi connectivity index (χ4v) is 4.58. The van der Waals surface area contributed by atoms with E-state index in [0.29, 0.717) is 39.6 Å². The lowest BCUT2D eigenvalue weighted by molar-refractivity contribution is 0.146. The van der Waals surface area contributed by atoms with E-state index < -0.39 is 0 Å². The number of benzene rings is 4. The molecule has 0 aliphatic carbocycles. The highest BCUT2D eigenvalue weighted by Crippen LogP contribution is 2.39. The summed E-state index contributed by atoms with van der Waals surface area (Å²) in [4.78, 5) is 0. The smallest absolute Gasteiger partial charge is 0.119 e. The molecule has 4 aromatic carbocycles. The van der Waals surface area contributed by atoms with Crippen LogP contribution in [0.5, 0.6) is 23.0 Å². The van der Waals surface area contributed by atoms with Crippen molar-refractivity contribution in [3.63, 3.8) is 0 Å². The van der Waals surface area contributed by atoms with Crippen LogP contribution in [0.3, 0.4) is 0 Å². The van der Waals surface area contributed by atoms with E-state index in [1.165, 1.54) is 0 Å². The Morgan fingerprint density at radius 3 is 0.955 bits per heavy atom. The molecule has 0 N–H and O–H groups in total. The van der Waals surface area contributed by atoms with E-state index in [1.54, 1.807) is 26.4 Å². The van der Waals surface area contributed by atoms with Crippen molar-refractivity contribution in [1.82, 2.24) is 0 Å². The highest BCUT2D eigenvalue weighted by molar-refractivity contribution is 6.04. The Kier molecular flexibility index (Phi) is 12.7. The van der Waals surface area contributed by atoms with Crippen molar-refractivity contribution in [3.05, 3.63) is 145 Å². The summed E-state index contributed by atoms with van der Waals surface area (Å²) in [6.07, 6.45) is 3.47. The molecule has 228 valence electrons. The van der Waals surface area contributed by atoms with Gasteiger partial charge < -0.3 is 28.4 Å². The number of hydrogen-bond acceptors (Lipinski definition) is 6. The molecule has 0 heterocycles. The van der Waals surface area contributed by atoms with Gasteiger partial charge in [-0.1, -0.05) is 73.8 Å². The van der Waals surface area contributed by atoms with E-state index in [4.69, 9.17) is 28.4 Å². The zero-order valence-electron chi connectivity index (χ0n) is 25.5. The van der Waals surface area contributed by atoms with E-state index >= 15 is 0 Å². The summed E-state index contributed by atoms with van der Waals surface area (Å²) in [6, 6.07) is 32.6. The van der Waals surface area contributed by atoms with Crippen molar-refractivity contribution < 1.29 is 28.4 Å². The molecule has 0 aliphatic rings. The maximum absolute atomic E-state index is 5.86. The molecule has 0 spiro atoms. The Bertz CT molecular complexity index is 1360. The quantitative estimate of drug-likeness (QED) is 0.0666. The first-order chi connectivity index (χ1) is 21.7. The lowest BCUT2D eigenvalue weighted by atomic mass is 9.85. The molecule has 0 aromatic heterocycles. The molecule has 6 heteroatoms. The van der Waals surface area contributed by atoms with Crippen molar-refractivity contribution in [3.8, 4) is 23.0 Å². The van der Waals surface area contributed by atoms with Gasteiger partial charge in [0.25, 0.3) is 0 Å². The molecular weight excluding hydrogens is 552 g/mol. The monoisotopic (exact) mass is 592 g/mol. The summed E-state index contributed by atoms with van der Waals surface area (Å²) in [5, 5.41) is 0. The standard InChI is InChI=1S/C38H40O6/c1-5-23-41-33-15-7-29(8-16-33)37(30-9-17-34(18-10-30)42-24-6-2)38(31-11-19-35(20-12-31)43-27-25-39-3)32-13-21-36(22-14-32)44-28-26-40-4/h5-22H,1-2,23-28H2,3-4H3. The van der Waals surface area contributed by atoms with Gasteiger partial charge in [-0.25, -0.2) is 0 Å². The summed E-state index contributed by atoms with van der Waals surface area (Å²) < 4.78 is 33.6. The molecule has 0 aliphatic heterocycles. The minimum Gasteiger partial charge on any atom is -0.491 e. The van der Waals surface area contributed by atoms with Crippen molar-refractivity contribution >= 4 is 11.1 Å². The Balaban J connectivity index is 1.87. The minimum atomic E-state index is 0.442. The van der Waals surface area contributed by atoms with Crippen LogP contribution in [-0.4, -0.2) is 53.9 Å². The summed E-state index contributed by atoms with van der Waals surface area (Å²) in [7, 11) is 3.32. The maximum Gasteiger partial charge on any atom is 0.119 e. The van der Waals surface area contributed by atoms with Gasteiger partial charge in [0.15, 0.2) is 0 Å². The van der Waals surface area contributed by atoms with Gasteiger partial charge in [-0.15, -0.1) is 0 Å². The minimum absolute atomic E-state index is 0.442. The molecule has 0 bridgehead atoms. The van der Waals surface area contributed by atoms with E-state index in [-0.39, 0.29) is 0 Å². The summed E-state index contributed by atoms with van der Waals surface area (Å²) in [6.45, 7) is 10.4. The number of ether oxygens (including phenoxy) is 6. The van der Waals surface area contributed by atoms with Crippen LogP contribution in [0.4, 0.5) is 0 Å². The van der Waals surface area contributed by atoms with Gasteiger partial charge in [-0.2, -0.15) is 0 Å². The number of rotatable bonds is 18. The van der Waals surface area contributed by atoms with Crippen LogP contribution >= 0.6 is 0 Å². The normalized spacial score (nSPS) is 10.5. The van der Waals surface area contributed by atoms with Gasteiger partial charge in [0, 0.05) is 14.2 Å². The summed E-state index contributed by atoms with van der Waals surface area (Å²) >= 11 is 0. The average Bonchev–Trinajstić information content (AvgIpc) is 3.07. The molecule has 4 rings (SSSR count). The molecule has 0 radical (unpaired) electrons. The molecule has 6 nitrogen and oxygen atoms in total. The topological polar surface area (TPSA) is 55.4 Å². The molecule has 0 fully saturated rings. The highest BCUT2D eigenvalue weighted by atomic mass is 16.5. The predicted molar refractivity (Wildman–Crippen MR) is 177 cm³/mol. The van der Waals surface area contributed by atoms with Gasteiger partial charge >= 0.3 is 0 Å². The van der Waals surface area contributed by atoms with Crippen LogP contribution in [0, 0.1) is 0 Å². The fourth-order valence-electron chi connectivity index (χ4n) is 4.58. The molecule has 44 heavy (non-hydrogen) atoms. The van der Waals surface area contributed by atoms with Crippen LogP contribution in [0.15, 0.2) is 122 Å². The Morgan fingerprint density at radius 2 is 0.705 bits per heavy atom. The van der Waals surface area contributed by atoms with Crippen LogP contribution in [0.25, 0.3) is 11.1 Å². The van der Waals surface area contributed by atoms with Crippen LogP contribution in [0.1, 0.15) is 22.3 Å². The van der Waals surface area contributed by atoms with E-state index in [0.717, 1.165) is 56.4 Å². The fraction of sp³-hybridized carbons (Fsp3) is 0.211. The maximum atomic E-state index is 5.86. The zero-order chi connectivity index (χ0) is 31.0. The lowest BCUT2D eigenvalue weighted by Crippen LogP contribution is -2.04. The molecule has 0 unspecified atom stereocenters. The van der Waals surface area contributed by atoms with Gasteiger partial charge in [-0.3, -0.25) is 0 Å². The van der Waals surface area contributed by atoms with Gasteiger partial charge in [0.2, 0.25) is 0 Å². The summed E-state index contributed by atoms with van der Waals surface area (Å²) in [5.41, 5.74) is 6.24. The SMILES string of the molecule is C=CCOc1ccc(C(=C(c2ccc(OCCOC)cc2)c2ccc(OCCOC)cc2)c2ccc(OCC=C)cc2)cc1. The Labute approximate surface area is 260 Å². The average molecular weight is 593 g/mol. The van der Waals surface area contributed by atoms with Crippen molar-refractivity contribution in [1.29, 1.82) is 0 Å². The first-order valence-corrected chi connectivity index (χ1v) is 14.5. The molecule has 0 saturated heterocycles. The van der Waals surface area contributed by atoms with Crippen molar-refractivity contribution in [2.45, 2.75) is 0 Å². The molecule has 0 saturated carbocycles. The van der Waals surface area contributed by atoms with Crippen LogP contribution in [-0.2, 0) is 9.47 Å². The molecule has 0 amide bonds. The molecule has 0 atom stereocenters. The zero-order valence-corrected chi connectivity index (χ0v) is 25.5. The van der Waals surface area contributed by atoms with Gasteiger partial charge in [0.1, 0.15) is 49.4 Å². The van der Waals surface area contributed by atoms with E-state index in [1.807, 2.05) is 48.5 Å².